The van der Waals surface area contributed by atoms with Crippen LogP contribution >= 0.6 is 11.6 Å². The summed E-state index contributed by atoms with van der Waals surface area (Å²) in [6.07, 6.45) is 4.93. The number of hydrogen-bond acceptors (Lipinski definition) is 5. The van der Waals surface area contributed by atoms with Gasteiger partial charge in [-0.1, -0.05) is 18.5 Å². The summed E-state index contributed by atoms with van der Waals surface area (Å²) in [7, 11) is 1.88. The predicted molar refractivity (Wildman–Crippen MR) is 78.1 cm³/mol. The second-order valence-electron chi connectivity index (χ2n) is 4.73. The van der Waals surface area contributed by atoms with E-state index >= 15 is 0 Å². The standard InChI is InChI=1S/C13H19ClN6/c1-4-9-12(14)11(20(3)19-9)5-10(18-15)13-16-6-8(2)7-17-13/h6-7,10,18H,4-5,15H2,1-3H3. The highest BCUT2D eigenvalue weighted by molar-refractivity contribution is 6.31. The Morgan fingerprint density at radius 3 is 2.55 bits per heavy atom. The van der Waals surface area contributed by atoms with E-state index in [0.29, 0.717) is 17.3 Å². The Morgan fingerprint density at radius 1 is 1.40 bits per heavy atom. The minimum Gasteiger partial charge on any atom is -0.271 e. The van der Waals surface area contributed by atoms with Gasteiger partial charge in [0, 0.05) is 25.9 Å². The summed E-state index contributed by atoms with van der Waals surface area (Å²) >= 11 is 6.35. The van der Waals surface area contributed by atoms with Gasteiger partial charge < -0.3 is 0 Å². The molecule has 2 heterocycles. The molecule has 0 saturated heterocycles. The van der Waals surface area contributed by atoms with E-state index in [0.717, 1.165) is 23.4 Å². The number of halogens is 1. The van der Waals surface area contributed by atoms with Crippen LogP contribution in [0.25, 0.3) is 0 Å². The minimum atomic E-state index is -0.201. The molecule has 0 saturated carbocycles. The molecule has 2 aromatic heterocycles. The molecular formula is C13H19ClN6. The maximum atomic E-state index is 6.35. The van der Waals surface area contributed by atoms with E-state index in [9.17, 15) is 0 Å². The molecule has 108 valence electrons. The molecule has 0 radical (unpaired) electrons. The number of nitrogens with zero attached hydrogens (tertiary/aromatic N) is 4. The number of hydrogen-bond donors (Lipinski definition) is 2. The number of nitrogens with one attached hydrogen (secondary N) is 1. The number of hydrazine groups is 1. The van der Waals surface area contributed by atoms with E-state index < -0.39 is 0 Å². The highest BCUT2D eigenvalue weighted by Gasteiger charge is 2.20. The van der Waals surface area contributed by atoms with Gasteiger partial charge in [0.1, 0.15) is 5.82 Å². The monoisotopic (exact) mass is 294 g/mol. The summed E-state index contributed by atoms with van der Waals surface area (Å²) in [5.74, 6) is 6.27. The second kappa shape index (κ2) is 6.30. The third kappa shape index (κ3) is 2.98. The fourth-order valence-electron chi connectivity index (χ4n) is 2.04. The summed E-state index contributed by atoms with van der Waals surface area (Å²) in [4.78, 5) is 8.61. The van der Waals surface area contributed by atoms with Gasteiger partial charge in [0.2, 0.25) is 0 Å². The number of aromatic nitrogens is 4. The van der Waals surface area contributed by atoms with Crippen molar-refractivity contribution in [2.45, 2.75) is 32.7 Å². The quantitative estimate of drug-likeness (QED) is 0.645. The minimum absolute atomic E-state index is 0.201. The van der Waals surface area contributed by atoms with Crippen molar-refractivity contribution < 1.29 is 0 Å². The normalized spacial score (nSPS) is 12.7. The van der Waals surface area contributed by atoms with Crippen LogP contribution in [0.1, 0.15) is 35.7 Å². The number of nitrogens with two attached hydrogens (primary N) is 1. The summed E-state index contributed by atoms with van der Waals surface area (Å²) in [5, 5.41) is 5.10. The van der Waals surface area contributed by atoms with Gasteiger partial charge in [-0.3, -0.25) is 10.5 Å². The summed E-state index contributed by atoms with van der Waals surface area (Å²) in [6, 6.07) is -0.201. The van der Waals surface area contributed by atoms with Crippen molar-refractivity contribution in [3.05, 3.63) is 40.2 Å². The van der Waals surface area contributed by atoms with Crippen LogP contribution in [0.2, 0.25) is 5.02 Å². The van der Waals surface area contributed by atoms with E-state index in [2.05, 4.69) is 20.5 Å². The molecule has 7 heteroatoms. The third-order valence-electron chi connectivity index (χ3n) is 3.21. The van der Waals surface area contributed by atoms with Crippen molar-refractivity contribution in [1.29, 1.82) is 0 Å². The van der Waals surface area contributed by atoms with Gasteiger partial charge >= 0.3 is 0 Å². The summed E-state index contributed by atoms with van der Waals surface area (Å²) in [6.45, 7) is 3.97. The molecule has 0 amide bonds. The first-order valence-corrected chi connectivity index (χ1v) is 6.89. The van der Waals surface area contributed by atoms with Crippen molar-refractivity contribution in [2.24, 2.45) is 12.9 Å². The van der Waals surface area contributed by atoms with Crippen molar-refractivity contribution in [2.75, 3.05) is 0 Å². The second-order valence-corrected chi connectivity index (χ2v) is 5.10. The Balaban J connectivity index is 2.26. The van der Waals surface area contributed by atoms with E-state index in [1.54, 1.807) is 17.1 Å². The molecule has 2 aromatic rings. The zero-order chi connectivity index (χ0) is 14.7. The molecule has 0 spiro atoms. The Bertz CT molecular complexity index is 577. The van der Waals surface area contributed by atoms with E-state index in [-0.39, 0.29) is 6.04 Å². The Morgan fingerprint density at radius 2 is 2.05 bits per heavy atom. The van der Waals surface area contributed by atoms with Gasteiger partial charge in [0.05, 0.1) is 22.5 Å². The SMILES string of the molecule is CCc1nn(C)c(CC(NN)c2ncc(C)cn2)c1Cl. The van der Waals surface area contributed by atoms with Crippen LogP contribution in [0.15, 0.2) is 12.4 Å². The van der Waals surface area contributed by atoms with Gasteiger partial charge in [-0.05, 0) is 18.9 Å². The lowest BCUT2D eigenvalue weighted by Gasteiger charge is -2.14. The first-order chi connectivity index (χ1) is 9.56. The van der Waals surface area contributed by atoms with E-state index in [1.165, 1.54) is 0 Å². The van der Waals surface area contributed by atoms with Gasteiger partial charge in [-0.2, -0.15) is 5.10 Å². The smallest absolute Gasteiger partial charge is 0.146 e. The topological polar surface area (TPSA) is 81.7 Å². The lowest BCUT2D eigenvalue weighted by molar-refractivity contribution is 0.504. The molecule has 0 fully saturated rings. The molecule has 6 nitrogen and oxygen atoms in total. The molecule has 0 aliphatic carbocycles. The molecule has 0 bridgehead atoms. The van der Waals surface area contributed by atoms with Crippen molar-refractivity contribution in [1.82, 2.24) is 25.2 Å². The first kappa shape index (κ1) is 14.9. The van der Waals surface area contributed by atoms with Gasteiger partial charge in [0.25, 0.3) is 0 Å². The summed E-state index contributed by atoms with van der Waals surface area (Å²) in [5.41, 5.74) is 5.57. The van der Waals surface area contributed by atoms with Crippen LogP contribution in [-0.4, -0.2) is 19.7 Å². The zero-order valence-corrected chi connectivity index (χ0v) is 12.6. The first-order valence-electron chi connectivity index (χ1n) is 6.51. The fourth-order valence-corrected chi connectivity index (χ4v) is 2.41. The largest absolute Gasteiger partial charge is 0.271 e. The van der Waals surface area contributed by atoms with Crippen LogP contribution in [0.4, 0.5) is 0 Å². The van der Waals surface area contributed by atoms with E-state index in [1.807, 2.05) is 20.9 Å². The molecule has 20 heavy (non-hydrogen) atoms. The fraction of sp³-hybridized carbons (Fsp3) is 0.462. The average molecular weight is 295 g/mol. The molecule has 1 unspecified atom stereocenters. The van der Waals surface area contributed by atoms with Gasteiger partial charge in [-0.15, -0.1) is 0 Å². The van der Waals surface area contributed by atoms with Gasteiger partial charge in [-0.25, -0.2) is 15.4 Å². The maximum Gasteiger partial charge on any atom is 0.146 e. The van der Waals surface area contributed by atoms with E-state index in [4.69, 9.17) is 17.4 Å². The van der Waals surface area contributed by atoms with Crippen LogP contribution in [0, 0.1) is 6.92 Å². The highest BCUT2D eigenvalue weighted by atomic mass is 35.5. The van der Waals surface area contributed by atoms with Crippen molar-refractivity contribution >= 4 is 11.6 Å². The highest BCUT2D eigenvalue weighted by Crippen LogP contribution is 2.24. The molecule has 0 aromatic carbocycles. The molecule has 0 aliphatic heterocycles. The number of aryl methyl sites for hydroxylation is 3. The van der Waals surface area contributed by atoms with Crippen LogP contribution in [-0.2, 0) is 19.9 Å². The molecular weight excluding hydrogens is 276 g/mol. The Kier molecular flexibility index (Phi) is 4.69. The van der Waals surface area contributed by atoms with Gasteiger partial charge in [0.15, 0.2) is 0 Å². The molecule has 3 N–H and O–H groups in total. The Hall–Kier alpha value is -1.50. The molecule has 2 rings (SSSR count). The zero-order valence-electron chi connectivity index (χ0n) is 11.9. The van der Waals surface area contributed by atoms with Crippen LogP contribution in [0.5, 0.6) is 0 Å². The van der Waals surface area contributed by atoms with Crippen molar-refractivity contribution in [3.8, 4) is 0 Å². The molecule has 1 atom stereocenters. The lowest BCUT2D eigenvalue weighted by Crippen LogP contribution is -2.31. The molecule has 0 aliphatic rings. The van der Waals surface area contributed by atoms with Crippen LogP contribution < -0.4 is 11.3 Å². The maximum absolute atomic E-state index is 6.35. The average Bonchev–Trinajstić information content (AvgIpc) is 2.72. The Labute approximate surface area is 123 Å². The third-order valence-corrected chi connectivity index (χ3v) is 3.65. The predicted octanol–water partition coefficient (Wildman–Crippen LogP) is 1.48. The van der Waals surface area contributed by atoms with Crippen LogP contribution in [0.3, 0.4) is 0 Å². The summed E-state index contributed by atoms with van der Waals surface area (Å²) < 4.78 is 1.79. The van der Waals surface area contributed by atoms with Crippen molar-refractivity contribution in [3.63, 3.8) is 0 Å². The lowest BCUT2D eigenvalue weighted by atomic mass is 10.1. The number of rotatable bonds is 5.